The Balaban J connectivity index is 1.09. The van der Waals surface area contributed by atoms with E-state index in [2.05, 4.69) is 97.1 Å². The lowest BCUT2D eigenvalue weighted by Gasteiger charge is -2.47. The first-order valence-electron chi connectivity index (χ1n) is 25.2. The molecular formula is C63H66O9. The molecule has 0 spiro atoms. The van der Waals surface area contributed by atoms with Crippen molar-refractivity contribution in [1.29, 1.82) is 0 Å². The van der Waals surface area contributed by atoms with Crippen molar-refractivity contribution >= 4 is 0 Å². The minimum Gasteiger partial charge on any atom is -0.374 e. The predicted octanol–water partition coefficient (Wildman–Crippen LogP) is 12.2. The molecule has 0 amide bonds. The Morgan fingerprint density at radius 3 is 1.12 bits per heavy atom. The van der Waals surface area contributed by atoms with Crippen LogP contribution in [0.15, 0.2) is 224 Å². The number of rotatable bonds is 24. The molecule has 0 N–H and O–H groups in total. The van der Waals surface area contributed by atoms with Gasteiger partial charge in [-0.2, -0.15) is 0 Å². The van der Waals surface area contributed by atoms with Crippen LogP contribution in [0, 0.1) is 0 Å². The zero-order valence-corrected chi connectivity index (χ0v) is 40.8. The van der Waals surface area contributed by atoms with Crippen molar-refractivity contribution in [3.63, 3.8) is 0 Å². The normalized spacial score (nSPS) is 23.7. The maximum atomic E-state index is 7.52. The SMILES string of the molecule is C1=C\[C@H](OCc2ccccc2)[C@@H](OCc2ccccc2)[C@H](OCc2ccccc2)C(O[C@@H]2O[C@H](COCc3ccccc3)[C@@H](OCc3ccccc3)[C@H](OCc3ccccc3)[C@H]2OCc2ccccc2)CC/1. The molecule has 1 fully saturated rings. The summed E-state index contributed by atoms with van der Waals surface area (Å²) in [7, 11) is 0. The van der Waals surface area contributed by atoms with Crippen molar-refractivity contribution in [2.24, 2.45) is 0 Å². The third-order valence-corrected chi connectivity index (χ3v) is 13.0. The molecular weight excluding hydrogens is 901 g/mol. The van der Waals surface area contributed by atoms with Crippen molar-refractivity contribution in [2.45, 2.75) is 114 Å². The van der Waals surface area contributed by atoms with E-state index in [1.54, 1.807) is 0 Å². The number of benzene rings is 7. The first-order valence-corrected chi connectivity index (χ1v) is 25.2. The Morgan fingerprint density at radius 1 is 0.347 bits per heavy atom. The Morgan fingerprint density at radius 2 is 0.694 bits per heavy atom. The minimum absolute atomic E-state index is 0.199. The number of hydrogen-bond acceptors (Lipinski definition) is 9. The predicted molar refractivity (Wildman–Crippen MR) is 278 cm³/mol. The van der Waals surface area contributed by atoms with Crippen LogP contribution >= 0.6 is 0 Å². The molecule has 9 atom stereocenters. The Labute approximate surface area is 425 Å². The molecule has 7 aromatic rings. The number of allylic oxidation sites excluding steroid dienone is 1. The summed E-state index contributed by atoms with van der Waals surface area (Å²) in [6, 6.07) is 71.3. The van der Waals surface area contributed by atoms with Crippen LogP contribution in [0.4, 0.5) is 0 Å². The van der Waals surface area contributed by atoms with Crippen LogP contribution in [0.2, 0.25) is 0 Å². The fourth-order valence-corrected chi connectivity index (χ4v) is 9.18. The molecule has 7 aromatic carbocycles. The van der Waals surface area contributed by atoms with E-state index in [0.29, 0.717) is 52.5 Å². The summed E-state index contributed by atoms with van der Waals surface area (Å²) in [5, 5.41) is 0. The fraction of sp³-hybridized carbons (Fsp3) is 0.302. The van der Waals surface area contributed by atoms with E-state index in [1.165, 1.54) is 0 Å². The summed E-state index contributed by atoms with van der Waals surface area (Å²) >= 11 is 0. The lowest BCUT2D eigenvalue weighted by atomic mass is 9.94. The molecule has 0 saturated carbocycles. The second kappa shape index (κ2) is 27.7. The maximum Gasteiger partial charge on any atom is 0.187 e. The lowest BCUT2D eigenvalue weighted by Crippen LogP contribution is -2.63. The van der Waals surface area contributed by atoms with Crippen LogP contribution in [0.25, 0.3) is 0 Å². The zero-order valence-electron chi connectivity index (χ0n) is 40.8. The van der Waals surface area contributed by atoms with Gasteiger partial charge in [-0.1, -0.05) is 224 Å². The fourth-order valence-electron chi connectivity index (χ4n) is 9.18. The van der Waals surface area contributed by atoms with E-state index in [4.69, 9.17) is 42.6 Å². The van der Waals surface area contributed by atoms with Gasteiger partial charge >= 0.3 is 0 Å². The van der Waals surface area contributed by atoms with Crippen molar-refractivity contribution in [3.8, 4) is 0 Å². The highest BCUT2D eigenvalue weighted by atomic mass is 16.7. The van der Waals surface area contributed by atoms with Crippen molar-refractivity contribution in [3.05, 3.63) is 263 Å². The molecule has 9 heteroatoms. The first kappa shape index (κ1) is 50.8. The molecule has 1 aliphatic heterocycles. The molecule has 9 nitrogen and oxygen atoms in total. The van der Waals surface area contributed by atoms with Crippen LogP contribution in [-0.2, 0) is 88.9 Å². The van der Waals surface area contributed by atoms with Gasteiger partial charge in [0.2, 0.25) is 0 Å². The van der Waals surface area contributed by atoms with Gasteiger partial charge in [0, 0.05) is 0 Å². The smallest absolute Gasteiger partial charge is 0.187 e. The van der Waals surface area contributed by atoms with E-state index in [-0.39, 0.29) is 13.2 Å². The summed E-state index contributed by atoms with van der Waals surface area (Å²) in [5.74, 6) is 0. The van der Waals surface area contributed by atoms with Crippen molar-refractivity contribution in [1.82, 2.24) is 0 Å². The Kier molecular flexibility index (Phi) is 19.5. The van der Waals surface area contributed by atoms with E-state index in [9.17, 15) is 0 Å². The standard InChI is InChI=1S/C63H66O9/c1-8-24-48(25-9-1)40-64-47-57-60(68-44-52-32-16-5-17-33-52)61(69-45-53-34-18-6-19-35-53)62(70-46-54-36-20-7-21-37-54)63(72-57)71-56-39-23-22-38-55(65-41-49-26-10-2-11-27-49)58(66-42-50-28-12-3-13-29-50)59(56)67-43-51-30-14-4-15-31-51/h1-22,24-38,55-63H,23,39-47H2/b38-22-/t55-,56?,57+,58+,59+,60+,61-,62+,63+/m0/s1. The van der Waals surface area contributed by atoms with Crippen molar-refractivity contribution < 1.29 is 42.6 Å². The van der Waals surface area contributed by atoms with E-state index in [0.717, 1.165) is 38.9 Å². The van der Waals surface area contributed by atoms with Crippen LogP contribution in [-0.4, -0.2) is 61.7 Å². The summed E-state index contributed by atoms with van der Waals surface area (Å²) in [4.78, 5) is 0. The molecule has 72 heavy (non-hydrogen) atoms. The third-order valence-electron chi connectivity index (χ3n) is 13.0. The lowest BCUT2D eigenvalue weighted by molar-refractivity contribution is -0.345. The molecule has 1 aliphatic carbocycles. The van der Waals surface area contributed by atoms with Crippen LogP contribution in [0.3, 0.4) is 0 Å². The summed E-state index contributed by atoms with van der Waals surface area (Å²) in [6.07, 6.45) is -0.412. The topological polar surface area (TPSA) is 83.1 Å². The Hall–Kier alpha value is -6.08. The molecule has 1 saturated heterocycles. The van der Waals surface area contributed by atoms with Crippen LogP contribution in [0.1, 0.15) is 51.8 Å². The largest absolute Gasteiger partial charge is 0.374 e. The van der Waals surface area contributed by atoms with Gasteiger partial charge in [0.25, 0.3) is 0 Å². The summed E-state index contributed by atoms with van der Waals surface area (Å²) < 4.78 is 63.6. The molecule has 2 aliphatic rings. The summed E-state index contributed by atoms with van der Waals surface area (Å²) in [5.41, 5.74) is 7.21. The van der Waals surface area contributed by atoms with Gasteiger partial charge < -0.3 is 42.6 Å². The van der Waals surface area contributed by atoms with Gasteiger partial charge in [-0.05, 0) is 51.8 Å². The zero-order chi connectivity index (χ0) is 48.8. The van der Waals surface area contributed by atoms with Crippen LogP contribution < -0.4 is 0 Å². The highest BCUT2D eigenvalue weighted by molar-refractivity contribution is 5.19. The molecule has 0 bridgehead atoms. The average Bonchev–Trinajstić information content (AvgIpc) is 3.44. The van der Waals surface area contributed by atoms with E-state index < -0.39 is 55.1 Å². The second-order valence-electron chi connectivity index (χ2n) is 18.3. The quantitative estimate of drug-likeness (QED) is 0.0550. The molecule has 0 radical (unpaired) electrons. The van der Waals surface area contributed by atoms with Gasteiger partial charge in [-0.25, -0.2) is 0 Å². The molecule has 372 valence electrons. The third kappa shape index (κ3) is 15.2. The number of ether oxygens (including phenoxy) is 9. The van der Waals surface area contributed by atoms with E-state index in [1.807, 2.05) is 127 Å². The van der Waals surface area contributed by atoms with E-state index >= 15 is 0 Å². The Bertz CT molecular complexity index is 2570. The number of hydrogen-bond donors (Lipinski definition) is 0. The first-order chi connectivity index (χ1) is 35.7. The van der Waals surface area contributed by atoms with Gasteiger partial charge in [-0.15, -0.1) is 0 Å². The second-order valence-corrected chi connectivity index (χ2v) is 18.3. The highest BCUT2D eigenvalue weighted by Gasteiger charge is 2.51. The molecule has 9 rings (SSSR count). The minimum atomic E-state index is -0.967. The van der Waals surface area contributed by atoms with Gasteiger partial charge in [0.1, 0.15) is 42.7 Å². The summed E-state index contributed by atoms with van der Waals surface area (Å²) in [6.45, 7) is 2.52. The van der Waals surface area contributed by atoms with Gasteiger partial charge in [-0.3, -0.25) is 0 Å². The highest BCUT2D eigenvalue weighted by Crippen LogP contribution is 2.35. The monoisotopic (exact) mass is 966 g/mol. The van der Waals surface area contributed by atoms with Gasteiger partial charge in [0.05, 0.1) is 59.0 Å². The molecule has 1 heterocycles. The van der Waals surface area contributed by atoms with Gasteiger partial charge in [0.15, 0.2) is 6.29 Å². The molecule has 0 aromatic heterocycles. The maximum absolute atomic E-state index is 7.52. The molecule has 1 unspecified atom stereocenters. The van der Waals surface area contributed by atoms with Crippen molar-refractivity contribution in [2.75, 3.05) is 6.61 Å². The average molecular weight is 967 g/mol. The van der Waals surface area contributed by atoms with Crippen LogP contribution in [0.5, 0.6) is 0 Å².